The van der Waals surface area contributed by atoms with Gasteiger partial charge in [-0.25, -0.2) is 0 Å². The molecule has 0 amide bonds. The van der Waals surface area contributed by atoms with Crippen molar-refractivity contribution >= 4 is 5.78 Å². The van der Waals surface area contributed by atoms with E-state index in [-0.39, 0.29) is 30.3 Å². The van der Waals surface area contributed by atoms with Crippen LogP contribution in [0, 0.1) is 11.8 Å². The third-order valence-electron chi connectivity index (χ3n) is 5.64. The van der Waals surface area contributed by atoms with E-state index in [4.69, 9.17) is 0 Å². The van der Waals surface area contributed by atoms with Crippen LogP contribution >= 0.6 is 0 Å². The van der Waals surface area contributed by atoms with Crippen molar-refractivity contribution in [2.45, 2.75) is 77.9 Å². The van der Waals surface area contributed by atoms with Gasteiger partial charge in [0.2, 0.25) is 0 Å². The number of hydrogen-bond acceptors (Lipinski definition) is 4. The highest BCUT2D eigenvalue weighted by molar-refractivity contribution is 5.96. The quantitative estimate of drug-likeness (QED) is 0.634. The fraction of sp³-hybridized carbons (Fsp3) is 0.667. The molecular weight excluding hydrogens is 316 g/mol. The highest BCUT2D eigenvalue weighted by Crippen LogP contribution is 2.44. The van der Waals surface area contributed by atoms with Crippen molar-refractivity contribution in [3.63, 3.8) is 0 Å². The summed E-state index contributed by atoms with van der Waals surface area (Å²) in [6.07, 6.45) is 6.72. The van der Waals surface area contributed by atoms with Gasteiger partial charge in [-0.2, -0.15) is 0 Å². The van der Waals surface area contributed by atoms with Crippen LogP contribution in [0.25, 0.3) is 0 Å². The molecule has 2 rings (SSSR count). The van der Waals surface area contributed by atoms with E-state index in [2.05, 4.69) is 32.9 Å². The highest BCUT2D eigenvalue weighted by Gasteiger charge is 2.42. The maximum absolute atomic E-state index is 12.2. The normalized spacial score (nSPS) is 31.1. The van der Waals surface area contributed by atoms with E-state index in [0.717, 1.165) is 12.8 Å². The first-order chi connectivity index (χ1) is 11.6. The Labute approximate surface area is 151 Å². The van der Waals surface area contributed by atoms with Gasteiger partial charge in [-0.1, -0.05) is 30.2 Å². The van der Waals surface area contributed by atoms with Gasteiger partial charge in [0.15, 0.2) is 5.78 Å². The van der Waals surface area contributed by atoms with Crippen LogP contribution in [0.1, 0.15) is 66.2 Å². The van der Waals surface area contributed by atoms with Crippen molar-refractivity contribution in [3.8, 4) is 0 Å². The zero-order valence-electron chi connectivity index (χ0n) is 15.9. The number of hydrogen-bond donors (Lipinski definition) is 3. The number of carbonyl (C=O) groups is 1. The van der Waals surface area contributed by atoms with Gasteiger partial charge in [0.05, 0.1) is 5.60 Å². The summed E-state index contributed by atoms with van der Waals surface area (Å²) in [7, 11) is 0. The molecule has 2 aliphatic rings. The maximum Gasteiger partial charge on any atom is 0.162 e. The van der Waals surface area contributed by atoms with E-state index in [9.17, 15) is 20.1 Å². The molecule has 2 aliphatic carbocycles. The number of aliphatic hydroxyl groups excluding tert-OH is 2. The number of aliphatic hydroxyl groups is 3. The van der Waals surface area contributed by atoms with Gasteiger partial charge in [-0.15, -0.1) is 0 Å². The van der Waals surface area contributed by atoms with E-state index < -0.39 is 11.7 Å². The average molecular weight is 348 g/mol. The zero-order valence-corrected chi connectivity index (χ0v) is 15.9. The molecule has 0 heterocycles. The molecule has 0 aromatic heterocycles. The number of carbonyl (C=O) groups excluding carboxylic acids is 1. The van der Waals surface area contributed by atoms with Gasteiger partial charge in [-0.05, 0) is 58.8 Å². The molecule has 0 bridgehead atoms. The highest BCUT2D eigenvalue weighted by atomic mass is 16.3. The van der Waals surface area contributed by atoms with Crippen LogP contribution in [-0.2, 0) is 4.79 Å². The van der Waals surface area contributed by atoms with Crippen molar-refractivity contribution in [1.82, 2.24) is 0 Å². The van der Waals surface area contributed by atoms with E-state index in [0.29, 0.717) is 24.3 Å². The van der Waals surface area contributed by atoms with Crippen molar-refractivity contribution in [2.24, 2.45) is 11.8 Å². The molecule has 3 N–H and O–H groups in total. The summed E-state index contributed by atoms with van der Waals surface area (Å²) in [6.45, 7) is 8.13. The van der Waals surface area contributed by atoms with Crippen LogP contribution in [0.2, 0.25) is 0 Å². The maximum atomic E-state index is 12.2. The predicted octanol–water partition coefficient (Wildman–Crippen LogP) is 3.99. The summed E-state index contributed by atoms with van der Waals surface area (Å²) >= 11 is 0. The van der Waals surface area contributed by atoms with E-state index in [1.807, 2.05) is 0 Å². The molecule has 0 aromatic rings. The van der Waals surface area contributed by atoms with Crippen LogP contribution in [-0.4, -0.2) is 32.8 Å². The minimum atomic E-state index is -0.957. The van der Waals surface area contributed by atoms with E-state index >= 15 is 0 Å². The lowest BCUT2D eigenvalue weighted by molar-refractivity contribution is -0.117. The SMILES string of the molecule is CC(C)=CCCC(C)C1=CCC(C)(O)C1CC1=C(O)C(O)CCC1=O. The first kappa shape index (κ1) is 19.9. The van der Waals surface area contributed by atoms with Gasteiger partial charge < -0.3 is 15.3 Å². The number of rotatable bonds is 6. The Morgan fingerprint density at radius 1 is 1.44 bits per heavy atom. The lowest BCUT2D eigenvalue weighted by Gasteiger charge is -2.32. The summed E-state index contributed by atoms with van der Waals surface area (Å²) < 4.78 is 0. The van der Waals surface area contributed by atoms with Gasteiger partial charge in [0.1, 0.15) is 11.9 Å². The number of ketones is 1. The van der Waals surface area contributed by atoms with Crippen molar-refractivity contribution in [2.75, 3.05) is 0 Å². The molecule has 0 aliphatic heterocycles. The van der Waals surface area contributed by atoms with Crippen molar-refractivity contribution in [3.05, 3.63) is 34.6 Å². The van der Waals surface area contributed by atoms with Gasteiger partial charge in [0.25, 0.3) is 0 Å². The largest absolute Gasteiger partial charge is 0.509 e. The lowest BCUT2D eigenvalue weighted by Crippen LogP contribution is -2.35. The molecule has 0 fully saturated rings. The fourth-order valence-electron chi connectivity index (χ4n) is 3.96. The molecule has 0 saturated heterocycles. The number of Topliss-reactive ketones (excluding diaryl/α,β-unsaturated/α-hetero) is 1. The van der Waals surface area contributed by atoms with E-state index in [1.165, 1.54) is 11.1 Å². The van der Waals surface area contributed by atoms with Crippen LogP contribution in [0.3, 0.4) is 0 Å². The van der Waals surface area contributed by atoms with Crippen LogP contribution in [0.15, 0.2) is 34.6 Å². The summed E-state index contributed by atoms with van der Waals surface area (Å²) in [5.41, 5.74) is 1.84. The van der Waals surface area contributed by atoms with Gasteiger partial charge in [0, 0.05) is 17.9 Å². The van der Waals surface area contributed by atoms with Gasteiger partial charge >= 0.3 is 0 Å². The second kappa shape index (κ2) is 7.88. The van der Waals surface area contributed by atoms with Crippen molar-refractivity contribution < 1.29 is 20.1 Å². The zero-order chi connectivity index (χ0) is 18.8. The molecule has 140 valence electrons. The standard InChI is InChI=1S/C21H32O4/c1-13(2)6-5-7-14(3)15-10-11-21(4,25)17(15)12-16-18(22)8-9-19(23)20(16)24/h6,10,14,17,19,23-25H,5,7-9,11-12H2,1-4H3. The predicted molar refractivity (Wildman–Crippen MR) is 99.2 cm³/mol. The summed E-state index contributed by atoms with van der Waals surface area (Å²) in [5.74, 6) is -0.195. The lowest BCUT2D eigenvalue weighted by atomic mass is 9.76. The Hall–Kier alpha value is -1.39. The van der Waals surface area contributed by atoms with Crippen LogP contribution in [0.5, 0.6) is 0 Å². The Morgan fingerprint density at radius 2 is 2.12 bits per heavy atom. The van der Waals surface area contributed by atoms with Crippen LogP contribution in [0.4, 0.5) is 0 Å². The minimum absolute atomic E-state index is 0.109. The Kier molecular flexibility index (Phi) is 6.28. The Bertz CT molecular complexity index is 605. The molecule has 25 heavy (non-hydrogen) atoms. The molecule has 0 aromatic carbocycles. The monoisotopic (exact) mass is 348 g/mol. The second-order valence-electron chi connectivity index (χ2n) is 8.12. The van der Waals surface area contributed by atoms with Crippen LogP contribution < -0.4 is 0 Å². The number of allylic oxidation sites excluding steroid dienone is 3. The fourth-order valence-corrected chi connectivity index (χ4v) is 3.96. The third kappa shape index (κ3) is 4.62. The first-order valence-corrected chi connectivity index (χ1v) is 9.32. The molecule has 4 unspecified atom stereocenters. The van der Waals surface area contributed by atoms with Crippen molar-refractivity contribution in [1.29, 1.82) is 0 Å². The molecule has 0 spiro atoms. The third-order valence-corrected chi connectivity index (χ3v) is 5.64. The molecule has 4 nitrogen and oxygen atoms in total. The van der Waals surface area contributed by atoms with Gasteiger partial charge in [-0.3, -0.25) is 4.79 Å². The van der Waals surface area contributed by atoms with E-state index in [1.54, 1.807) is 6.92 Å². The topological polar surface area (TPSA) is 77.8 Å². The average Bonchev–Trinajstić information content (AvgIpc) is 2.82. The smallest absolute Gasteiger partial charge is 0.162 e. The summed E-state index contributed by atoms with van der Waals surface area (Å²) in [5, 5.41) is 30.8. The molecule has 0 radical (unpaired) electrons. The molecule has 4 atom stereocenters. The Balaban J connectivity index is 2.18. The minimum Gasteiger partial charge on any atom is -0.509 e. The summed E-state index contributed by atoms with van der Waals surface area (Å²) in [6, 6.07) is 0. The first-order valence-electron chi connectivity index (χ1n) is 9.32. The molecule has 4 heteroatoms. The summed E-state index contributed by atoms with van der Waals surface area (Å²) in [4.78, 5) is 12.2. The molecule has 0 saturated carbocycles. The molecular formula is C21H32O4. The second-order valence-corrected chi connectivity index (χ2v) is 8.12. The Morgan fingerprint density at radius 3 is 2.76 bits per heavy atom.